The topological polar surface area (TPSA) is 99.9 Å². The van der Waals surface area contributed by atoms with Gasteiger partial charge in [0, 0.05) is 54.4 Å². The molecule has 0 bridgehead atoms. The van der Waals surface area contributed by atoms with E-state index < -0.39 is 23.2 Å². The maximum atomic E-state index is 14.3. The molecule has 0 unspecified atom stereocenters. The van der Waals surface area contributed by atoms with E-state index in [2.05, 4.69) is 44.5 Å². The number of fused-ring (bicyclic) bond motifs is 1. The van der Waals surface area contributed by atoms with Crippen LogP contribution in [-0.2, 0) is 0 Å². The first-order valence-electron chi connectivity index (χ1n) is 18.4. The first-order chi connectivity index (χ1) is 26.3. The van der Waals surface area contributed by atoms with Gasteiger partial charge in [0.25, 0.3) is 5.91 Å². The van der Waals surface area contributed by atoms with Gasteiger partial charge < -0.3 is 25.2 Å². The van der Waals surface area contributed by atoms with Gasteiger partial charge in [-0.1, -0.05) is 31.2 Å². The second kappa shape index (κ2) is 15.2. The summed E-state index contributed by atoms with van der Waals surface area (Å²) in [5.41, 5.74) is 4.70. The smallest absolute Gasteiger partial charge is 0.255 e. The van der Waals surface area contributed by atoms with Gasteiger partial charge in [-0.15, -0.1) is 0 Å². The summed E-state index contributed by atoms with van der Waals surface area (Å²) in [6.45, 7) is 6.82. The van der Waals surface area contributed by atoms with Gasteiger partial charge in [0.05, 0.1) is 29.9 Å². The van der Waals surface area contributed by atoms with Gasteiger partial charge in [-0.2, -0.15) is 0 Å². The van der Waals surface area contributed by atoms with Crippen molar-refractivity contribution in [2.75, 3.05) is 48.8 Å². The molecular weight excluding hydrogens is 687 g/mol. The number of amides is 1. The van der Waals surface area contributed by atoms with Crippen LogP contribution in [0.3, 0.4) is 0 Å². The van der Waals surface area contributed by atoms with Crippen molar-refractivity contribution in [1.82, 2.24) is 24.3 Å². The average molecular weight is 729 g/mol. The zero-order valence-electron chi connectivity index (χ0n) is 30.3. The van der Waals surface area contributed by atoms with Crippen molar-refractivity contribution < 1.29 is 18.3 Å². The van der Waals surface area contributed by atoms with Crippen LogP contribution in [0, 0.1) is 17.6 Å². The average Bonchev–Trinajstić information content (AvgIpc) is 3.60. The van der Waals surface area contributed by atoms with Gasteiger partial charge >= 0.3 is 0 Å². The zero-order chi connectivity index (χ0) is 37.2. The van der Waals surface area contributed by atoms with Crippen molar-refractivity contribution in [2.45, 2.75) is 38.6 Å². The first kappa shape index (κ1) is 35.2. The summed E-state index contributed by atoms with van der Waals surface area (Å²) in [6, 6.07) is 24.5. The number of nitrogens with zero attached hydrogens (tertiary/aromatic N) is 6. The van der Waals surface area contributed by atoms with Crippen LogP contribution in [0.25, 0.3) is 28.3 Å². The van der Waals surface area contributed by atoms with E-state index in [4.69, 9.17) is 14.7 Å². The Morgan fingerprint density at radius 1 is 0.852 bits per heavy atom. The molecule has 0 radical (unpaired) electrons. The van der Waals surface area contributed by atoms with Crippen LogP contribution in [0.1, 0.15) is 43.0 Å². The molecule has 0 saturated carbocycles. The van der Waals surface area contributed by atoms with E-state index in [1.54, 1.807) is 37.6 Å². The van der Waals surface area contributed by atoms with Gasteiger partial charge in [-0.25, -0.2) is 23.7 Å². The van der Waals surface area contributed by atoms with Crippen LogP contribution in [0.4, 0.5) is 31.8 Å². The summed E-state index contributed by atoms with van der Waals surface area (Å²) >= 11 is 0. The van der Waals surface area contributed by atoms with E-state index in [-0.39, 0.29) is 5.56 Å². The van der Waals surface area contributed by atoms with Crippen molar-refractivity contribution in [3.8, 4) is 28.4 Å². The highest BCUT2D eigenvalue weighted by molar-refractivity contribution is 6.05. The molecule has 8 rings (SSSR count). The third kappa shape index (κ3) is 7.21. The lowest BCUT2D eigenvalue weighted by Gasteiger charge is -2.42. The maximum Gasteiger partial charge on any atom is 0.255 e. The Bertz CT molecular complexity index is 2280. The number of pyridine rings is 1. The predicted octanol–water partition coefficient (Wildman–Crippen LogP) is 8.44. The van der Waals surface area contributed by atoms with Crippen molar-refractivity contribution in [3.05, 3.63) is 115 Å². The fourth-order valence-electron chi connectivity index (χ4n) is 7.59. The van der Waals surface area contributed by atoms with Crippen LogP contribution in [0.2, 0.25) is 0 Å². The second-order valence-corrected chi connectivity index (χ2v) is 14.1. The molecule has 2 aliphatic rings. The van der Waals surface area contributed by atoms with Crippen molar-refractivity contribution in [2.24, 2.45) is 5.92 Å². The maximum absolute atomic E-state index is 14.3. The van der Waals surface area contributed by atoms with Gasteiger partial charge in [0.1, 0.15) is 28.7 Å². The Kier molecular flexibility index (Phi) is 9.92. The number of halogens is 2. The monoisotopic (exact) mass is 728 g/mol. The molecule has 0 atom stereocenters. The summed E-state index contributed by atoms with van der Waals surface area (Å²) in [5.74, 6) is -0.479. The summed E-state index contributed by atoms with van der Waals surface area (Å²) in [4.78, 5) is 32.7. The molecule has 54 heavy (non-hydrogen) atoms. The number of piperidine rings is 2. The zero-order valence-corrected chi connectivity index (χ0v) is 30.3. The highest BCUT2D eigenvalue weighted by atomic mass is 19.1. The van der Waals surface area contributed by atoms with Gasteiger partial charge in [-0.3, -0.25) is 9.20 Å². The number of ether oxygens (including phenoxy) is 1. The molecule has 2 fully saturated rings. The number of nitrogens with one attached hydrogen (secondary N) is 2. The number of carbonyl (C=O) groups excluding carboxylic acids is 1. The van der Waals surface area contributed by atoms with E-state index in [1.807, 2.05) is 40.9 Å². The summed E-state index contributed by atoms with van der Waals surface area (Å²) < 4.78 is 36.4. The molecular formula is C42H42F2N8O2. The number of anilines is 4. The van der Waals surface area contributed by atoms with Gasteiger partial charge in [0.15, 0.2) is 0 Å². The third-order valence-corrected chi connectivity index (χ3v) is 10.6. The fourth-order valence-corrected chi connectivity index (χ4v) is 7.59. The highest BCUT2D eigenvalue weighted by Gasteiger charge is 2.28. The number of hydrogen-bond donors (Lipinski definition) is 2. The minimum Gasteiger partial charge on any atom is -0.494 e. The number of imidazole rings is 1. The lowest BCUT2D eigenvalue weighted by molar-refractivity contribution is 0.102. The highest BCUT2D eigenvalue weighted by Crippen LogP contribution is 2.36. The number of rotatable bonds is 9. The van der Waals surface area contributed by atoms with Gasteiger partial charge in [0.2, 0.25) is 5.95 Å². The quantitative estimate of drug-likeness (QED) is 0.153. The Morgan fingerprint density at radius 3 is 2.41 bits per heavy atom. The number of carbonyl (C=O) groups is 1. The number of methoxy groups -OCH3 is 1. The Morgan fingerprint density at radius 2 is 1.63 bits per heavy atom. The van der Waals surface area contributed by atoms with Crippen molar-refractivity contribution in [1.29, 1.82) is 0 Å². The van der Waals surface area contributed by atoms with E-state index in [0.29, 0.717) is 46.0 Å². The molecule has 6 aromatic rings. The number of likely N-dealkylation sites (tertiary alicyclic amines) is 1. The fraction of sp³-hybridized carbons (Fsp3) is 0.286. The molecule has 3 aromatic carbocycles. The molecule has 3 aromatic heterocycles. The molecule has 1 amide bonds. The minimum absolute atomic E-state index is 0.208. The summed E-state index contributed by atoms with van der Waals surface area (Å²) in [6.07, 6.45) is 8.50. The molecule has 2 N–H and O–H groups in total. The number of para-hydroxylation sites is 1. The molecule has 276 valence electrons. The largest absolute Gasteiger partial charge is 0.494 e. The second-order valence-electron chi connectivity index (χ2n) is 14.1. The molecule has 0 spiro atoms. The molecule has 10 nitrogen and oxygen atoms in total. The number of hydrogen-bond acceptors (Lipinski definition) is 8. The molecule has 2 saturated heterocycles. The van der Waals surface area contributed by atoms with Crippen molar-refractivity contribution >= 4 is 34.6 Å². The Hall–Kier alpha value is -5.88. The Balaban J connectivity index is 1.04. The van der Waals surface area contributed by atoms with Gasteiger partial charge in [-0.05, 0) is 99.3 Å². The van der Waals surface area contributed by atoms with Crippen LogP contribution in [0.5, 0.6) is 5.75 Å². The van der Waals surface area contributed by atoms with Crippen molar-refractivity contribution in [3.63, 3.8) is 0 Å². The molecule has 12 heteroatoms. The number of benzene rings is 3. The normalized spacial score (nSPS) is 15.7. The standard InChI is InChI=1S/C42H42F2N8O2/c1-27-15-21-50(22-16-27)30-17-23-51(24-18-30)31-12-13-34(36(26-31)54-2)46-42-45-19-14-35(47-42)40-38(48-37-11-3-4-20-52(37)40)28-7-5-8-29(25-28)41(53)49-39-32(43)9-6-10-33(39)44/h3-14,19-20,25-27,30H,15-18,21-24H2,1-2H3,(H,49,53)(H,45,46,47). The van der Waals surface area contributed by atoms with Crippen LogP contribution >= 0.6 is 0 Å². The lowest BCUT2D eigenvalue weighted by Crippen LogP contribution is -2.47. The van der Waals surface area contributed by atoms with E-state index >= 15 is 0 Å². The molecule has 2 aliphatic heterocycles. The van der Waals surface area contributed by atoms with Crippen LogP contribution in [-0.4, -0.2) is 69.5 Å². The third-order valence-electron chi connectivity index (χ3n) is 10.6. The SMILES string of the molecule is COc1cc(N2CCC(N3CCC(C)CC3)CC2)ccc1Nc1nccc(-c2c(-c3cccc(C(=O)Nc4c(F)cccc4F)c3)nc3ccccn23)n1. The van der Waals surface area contributed by atoms with E-state index in [1.165, 1.54) is 32.0 Å². The lowest BCUT2D eigenvalue weighted by atomic mass is 9.95. The Labute approximate surface area is 312 Å². The number of aromatic nitrogens is 4. The summed E-state index contributed by atoms with van der Waals surface area (Å²) in [5, 5.41) is 5.72. The molecule has 5 heterocycles. The van der Waals surface area contributed by atoms with Crippen LogP contribution < -0.4 is 20.3 Å². The van der Waals surface area contributed by atoms with Crippen LogP contribution in [0.15, 0.2) is 97.3 Å². The van der Waals surface area contributed by atoms with E-state index in [0.717, 1.165) is 55.4 Å². The predicted molar refractivity (Wildman–Crippen MR) is 207 cm³/mol. The summed E-state index contributed by atoms with van der Waals surface area (Å²) in [7, 11) is 1.66. The molecule has 0 aliphatic carbocycles. The van der Waals surface area contributed by atoms with E-state index in [9.17, 15) is 13.6 Å². The minimum atomic E-state index is -0.859. The first-order valence-corrected chi connectivity index (χ1v) is 18.4.